The summed E-state index contributed by atoms with van der Waals surface area (Å²) in [4.78, 5) is 4.62. The molecule has 8 heteroatoms. The van der Waals surface area contributed by atoms with Gasteiger partial charge in [0.15, 0.2) is 5.96 Å². The maximum atomic E-state index is 10.2. The maximum Gasteiger partial charge on any atom is 0.191 e. The molecule has 29 heavy (non-hydrogen) atoms. The fourth-order valence-electron chi connectivity index (χ4n) is 2.78. The number of benzene rings is 1. The summed E-state index contributed by atoms with van der Waals surface area (Å²) in [7, 11) is 0. The number of aliphatic hydroxyl groups excluding tert-OH is 1. The van der Waals surface area contributed by atoms with E-state index >= 15 is 0 Å². The molecule has 0 aliphatic heterocycles. The van der Waals surface area contributed by atoms with Crippen molar-refractivity contribution in [3.63, 3.8) is 0 Å². The van der Waals surface area contributed by atoms with Crippen LogP contribution >= 0.6 is 24.0 Å². The minimum atomic E-state index is -0.624. The molecule has 0 fully saturated rings. The summed E-state index contributed by atoms with van der Waals surface area (Å²) in [5.41, 5.74) is 3.09. The Morgan fingerprint density at radius 3 is 2.59 bits per heavy atom. The van der Waals surface area contributed by atoms with Crippen LogP contribution < -0.4 is 10.6 Å². The molecule has 0 aliphatic rings. The van der Waals surface area contributed by atoms with Crippen LogP contribution in [0.2, 0.25) is 0 Å². The number of aromatic nitrogens is 1. The number of nitrogens with one attached hydrogen (secondary N) is 2. The van der Waals surface area contributed by atoms with Gasteiger partial charge in [0.1, 0.15) is 5.76 Å². The third-order valence-electron chi connectivity index (χ3n) is 4.27. The normalized spacial score (nSPS) is 12.3. The monoisotopic (exact) mass is 516 g/mol. The first-order valence-electron chi connectivity index (χ1n) is 9.96. The second-order valence-corrected chi connectivity index (χ2v) is 6.47. The zero-order valence-corrected chi connectivity index (χ0v) is 19.8. The average molecular weight is 516 g/mol. The lowest BCUT2D eigenvalue weighted by Crippen LogP contribution is -2.42. The van der Waals surface area contributed by atoms with E-state index in [1.54, 1.807) is 0 Å². The molecule has 2 rings (SSSR count). The van der Waals surface area contributed by atoms with Gasteiger partial charge < -0.3 is 25.0 Å². The van der Waals surface area contributed by atoms with Crippen molar-refractivity contribution in [2.24, 2.45) is 4.99 Å². The van der Waals surface area contributed by atoms with Crippen molar-refractivity contribution in [2.75, 3.05) is 19.7 Å². The van der Waals surface area contributed by atoms with E-state index in [1.165, 1.54) is 0 Å². The molecule has 3 N–H and O–H groups in total. The van der Waals surface area contributed by atoms with E-state index in [1.807, 2.05) is 44.2 Å². The van der Waals surface area contributed by atoms with Crippen molar-refractivity contribution >= 4 is 29.9 Å². The number of rotatable bonds is 11. The van der Waals surface area contributed by atoms with Crippen LogP contribution in [0.1, 0.15) is 43.4 Å². The average Bonchev–Trinajstić information content (AvgIpc) is 3.13. The van der Waals surface area contributed by atoms with Crippen molar-refractivity contribution < 1.29 is 14.4 Å². The van der Waals surface area contributed by atoms with Gasteiger partial charge in [-0.15, -0.1) is 24.0 Å². The van der Waals surface area contributed by atoms with Gasteiger partial charge in [-0.25, -0.2) is 4.99 Å². The predicted octanol–water partition coefficient (Wildman–Crippen LogP) is 3.05. The van der Waals surface area contributed by atoms with Gasteiger partial charge in [0.25, 0.3) is 0 Å². The van der Waals surface area contributed by atoms with Crippen LogP contribution in [0.3, 0.4) is 0 Å². The topological polar surface area (TPSA) is 91.9 Å². The van der Waals surface area contributed by atoms with Crippen LogP contribution in [0.5, 0.6) is 0 Å². The van der Waals surface area contributed by atoms with E-state index in [-0.39, 0.29) is 30.6 Å². The molecule has 162 valence electrons. The lowest BCUT2D eigenvalue weighted by Gasteiger charge is -2.15. The lowest BCUT2D eigenvalue weighted by molar-refractivity contribution is 0.0308. The van der Waals surface area contributed by atoms with Crippen molar-refractivity contribution in [1.82, 2.24) is 15.8 Å². The van der Waals surface area contributed by atoms with Gasteiger partial charge in [-0.05, 0) is 18.9 Å². The van der Waals surface area contributed by atoms with Gasteiger partial charge in [-0.2, -0.15) is 0 Å². The Bertz CT molecular complexity index is 700. The van der Waals surface area contributed by atoms with E-state index in [2.05, 4.69) is 27.7 Å². The Balaban J connectivity index is 0.00000420. The molecule has 1 heterocycles. The smallest absolute Gasteiger partial charge is 0.191 e. The molecule has 1 aromatic carbocycles. The largest absolute Gasteiger partial charge is 0.389 e. The number of hydrogen-bond acceptors (Lipinski definition) is 5. The zero-order chi connectivity index (χ0) is 20.2. The van der Waals surface area contributed by atoms with Crippen LogP contribution in [-0.4, -0.2) is 42.0 Å². The summed E-state index contributed by atoms with van der Waals surface area (Å²) in [6.45, 7) is 8.42. The molecule has 0 amide bonds. The van der Waals surface area contributed by atoms with Crippen LogP contribution in [0.15, 0.2) is 39.8 Å². The van der Waals surface area contributed by atoms with Crippen LogP contribution in [0, 0.1) is 0 Å². The van der Waals surface area contributed by atoms with E-state index in [9.17, 15) is 5.11 Å². The lowest BCUT2D eigenvalue weighted by atomic mass is 10.1. The molecule has 1 unspecified atom stereocenters. The first-order chi connectivity index (χ1) is 13.7. The number of guanidine groups is 1. The van der Waals surface area contributed by atoms with Crippen LogP contribution in [0.25, 0.3) is 0 Å². The molecular weight excluding hydrogens is 483 g/mol. The molecule has 1 aromatic heterocycles. The third kappa shape index (κ3) is 8.71. The molecule has 0 aliphatic carbocycles. The highest BCUT2D eigenvalue weighted by molar-refractivity contribution is 14.0. The highest BCUT2D eigenvalue weighted by Gasteiger charge is 2.13. The number of halogens is 1. The highest BCUT2D eigenvalue weighted by atomic mass is 127. The molecule has 2 aromatic rings. The van der Waals surface area contributed by atoms with Crippen LogP contribution in [0.4, 0.5) is 0 Å². The Kier molecular flexibility index (Phi) is 12.6. The molecule has 0 saturated carbocycles. The number of aliphatic imine (C=N–C) groups is 1. The molecule has 0 bridgehead atoms. The van der Waals surface area contributed by atoms with E-state index in [0.717, 1.165) is 42.0 Å². The fourth-order valence-corrected chi connectivity index (χ4v) is 2.78. The van der Waals surface area contributed by atoms with Crippen molar-refractivity contribution in [2.45, 2.75) is 52.9 Å². The summed E-state index contributed by atoms with van der Waals surface area (Å²) >= 11 is 0. The van der Waals surface area contributed by atoms with Crippen molar-refractivity contribution in [1.29, 1.82) is 0 Å². The van der Waals surface area contributed by atoms with Gasteiger partial charge in [0, 0.05) is 25.1 Å². The maximum absolute atomic E-state index is 10.2. The Hall–Kier alpha value is -1.65. The van der Waals surface area contributed by atoms with Gasteiger partial charge >= 0.3 is 0 Å². The van der Waals surface area contributed by atoms with Crippen LogP contribution in [-0.2, 0) is 30.7 Å². The summed E-state index contributed by atoms with van der Waals surface area (Å²) in [5, 5.41) is 20.6. The van der Waals surface area contributed by atoms with E-state index < -0.39 is 6.10 Å². The molecule has 0 spiro atoms. The summed E-state index contributed by atoms with van der Waals surface area (Å²) in [5.74, 6) is 1.53. The minimum absolute atomic E-state index is 0. The Labute approximate surface area is 190 Å². The number of aliphatic hydroxyl groups is 1. The quantitative estimate of drug-likeness (QED) is 0.242. The zero-order valence-electron chi connectivity index (χ0n) is 17.5. The minimum Gasteiger partial charge on any atom is -0.389 e. The summed E-state index contributed by atoms with van der Waals surface area (Å²) < 4.78 is 11.0. The fraction of sp³-hybridized carbons (Fsp3) is 0.524. The van der Waals surface area contributed by atoms with Gasteiger partial charge in [0.05, 0.1) is 31.6 Å². The summed E-state index contributed by atoms with van der Waals surface area (Å²) in [6, 6.07) is 9.91. The first-order valence-corrected chi connectivity index (χ1v) is 9.96. The van der Waals surface area contributed by atoms with E-state index in [4.69, 9.17) is 9.26 Å². The predicted molar refractivity (Wildman–Crippen MR) is 126 cm³/mol. The Morgan fingerprint density at radius 2 is 1.93 bits per heavy atom. The van der Waals surface area contributed by atoms with E-state index in [0.29, 0.717) is 25.7 Å². The molecule has 7 nitrogen and oxygen atoms in total. The standard InChI is InChI=1S/C21H32N4O3.HI/c1-4-19-18(20(5-2)28-25-19)13-24-21(22-6-3)23-12-17(26)15-27-14-16-10-8-7-9-11-16;/h7-11,17,26H,4-6,12-15H2,1-3H3,(H2,22,23,24);1H. The van der Waals surface area contributed by atoms with Gasteiger partial charge in [-0.1, -0.05) is 49.3 Å². The number of ether oxygens (including phenoxy) is 1. The summed E-state index contributed by atoms with van der Waals surface area (Å²) in [6.07, 6.45) is 0.982. The molecular formula is C21H33IN4O3. The second-order valence-electron chi connectivity index (χ2n) is 6.47. The van der Waals surface area contributed by atoms with Gasteiger partial charge in [0.2, 0.25) is 0 Å². The Morgan fingerprint density at radius 1 is 1.17 bits per heavy atom. The highest BCUT2D eigenvalue weighted by Crippen LogP contribution is 2.16. The molecule has 1 atom stereocenters. The SMILES string of the molecule is CCNC(=NCc1c(CC)noc1CC)NCC(O)COCc1ccccc1.I. The third-order valence-corrected chi connectivity index (χ3v) is 4.27. The molecule has 0 saturated heterocycles. The number of aryl methyl sites for hydroxylation is 2. The van der Waals surface area contributed by atoms with Crippen molar-refractivity contribution in [3.05, 3.63) is 52.9 Å². The first kappa shape index (κ1) is 25.4. The second kappa shape index (κ2) is 14.4. The van der Waals surface area contributed by atoms with Crippen molar-refractivity contribution in [3.8, 4) is 0 Å². The number of hydrogen-bond donors (Lipinski definition) is 3. The van der Waals surface area contributed by atoms with Gasteiger partial charge in [-0.3, -0.25) is 0 Å². The number of nitrogens with zero attached hydrogens (tertiary/aromatic N) is 2. The molecule has 0 radical (unpaired) electrons.